The molecule has 1 fully saturated rings. The molecule has 1 aliphatic heterocycles. The molecule has 0 amide bonds. The standard InChI is InChI=1S/C21H27N7O2S/c1-16(2)14-20(21-22-23-24-27(21)15-19-4-3-13-31-19)26-11-9-25(10-12-26)17-5-7-18(8-6-17)28(29)30/h3-8,13,16,20H,9-12,14-15H2,1-2H3/t20-/m1/s1. The van der Waals surface area contributed by atoms with Crippen molar-refractivity contribution in [3.8, 4) is 0 Å². The minimum atomic E-state index is -0.362. The van der Waals surface area contributed by atoms with E-state index in [0.717, 1.165) is 44.1 Å². The number of tetrazole rings is 1. The molecule has 1 aliphatic rings. The number of nitrogens with zero attached hydrogens (tertiary/aromatic N) is 7. The summed E-state index contributed by atoms with van der Waals surface area (Å²) in [5.74, 6) is 1.44. The predicted octanol–water partition coefficient (Wildman–Crippen LogP) is 3.60. The van der Waals surface area contributed by atoms with Crippen LogP contribution in [0.1, 0.15) is 37.0 Å². The van der Waals surface area contributed by atoms with Gasteiger partial charge in [-0.15, -0.1) is 16.4 Å². The fraction of sp³-hybridized carbons (Fsp3) is 0.476. The number of nitro groups is 1. The first kappa shape index (κ1) is 21.4. The van der Waals surface area contributed by atoms with Crippen molar-refractivity contribution in [2.24, 2.45) is 5.92 Å². The Hall–Kier alpha value is -2.85. The van der Waals surface area contributed by atoms with Crippen LogP contribution < -0.4 is 4.90 Å². The molecule has 4 rings (SSSR count). The monoisotopic (exact) mass is 441 g/mol. The van der Waals surface area contributed by atoms with Crippen LogP contribution in [0.15, 0.2) is 41.8 Å². The molecule has 9 nitrogen and oxygen atoms in total. The highest BCUT2D eigenvalue weighted by atomic mass is 32.1. The van der Waals surface area contributed by atoms with Crippen LogP contribution in [0.25, 0.3) is 0 Å². The predicted molar refractivity (Wildman–Crippen MR) is 120 cm³/mol. The maximum absolute atomic E-state index is 10.9. The van der Waals surface area contributed by atoms with Crippen LogP contribution in [0.2, 0.25) is 0 Å². The Balaban J connectivity index is 1.46. The van der Waals surface area contributed by atoms with Gasteiger partial charge in [0.15, 0.2) is 5.82 Å². The highest BCUT2D eigenvalue weighted by molar-refractivity contribution is 7.09. The second-order valence-corrected chi connectivity index (χ2v) is 9.25. The lowest BCUT2D eigenvalue weighted by molar-refractivity contribution is -0.384. The Morgan fingerprint density at radius 1 is 1.13 bits per heavy atom. The van der Waals surface area contributed by atoms with Gasteiger partial charge in [0.25, 0.3) is 5.69 Å². The molecule has 3 aromatic rings. The summed E-state index contributed by atoms with van der Waals surface area (Å²) < 4.78 is 1.93. The molecule has 1 saturated heterocycles. The van der Waals surface area contributed by atoms with Gasteiger partial charge in [-0.1, -0.05) is 19.9 Å². The molecule has 0 aliphatic carbocycles. The van der Waals surface area contributed by atoms with Gasteiger partial charge in [-0.3, -0.25) is 15.0 Å². The molecule has 0 unspecified atom stereocenters. The molecule has 0 spiro atoms. The number of non-ortho nitro benzene ring substituents is 1. The SMILES string of the molecule is CC(C)C[C@H](c1nnnn1Cc1cccs1)N1CCN(c2ccc([N+](=O)[O-])cc2)CC1. The molecule has 1 atom stereocenters. The maximum Gasteiger partial charge on any atom is 0.269 e. The Morgan fingerprint density at radius 3 is 2.48 bits per heavy atom. The highest BCUT2D eigenvalue weighted by Crippen LogP contribution is 2.29. The third-order valence-electron chi connectivity index (χ3n) is 5.62. The van der Waals surface area contributed by atoms with E-state index in [1.165, 1.54) is 4.88 Å². The zero-order valence-corrected chi connectivity index (χ0v) is 18.6. The summed E-state index contributed by atoms with van der Waals surface area (Å²) in [6, 6.07) is 11.1. The fourth-order valence-corrected chi connectivity index (χ4v) is 4.74. The molecule has 0 N–H and O–H groups in total. The van der Waals surface area contributed by atoms with Gasteiger partial charge in [-0.25, -0.2) is 4.68 Å². The number of thiophene rings is 1. The number of hydrogen-bond acceptors (Lipinski definition) is 8. The minimum absolute atomic E-state index is 0.122. The summed E-state index contributed by atoms with van der Waals surface area (Å²) in [7, 11) is 0. The molecule has 2 aromatic heterocycles. The van der Waals surface area contributed by atoms with Gasteiger partial charge in [-0.05, 0) is 46.3 Å². The van der Waals surface area contributed by atoms with Gasteiger partial charge in [0.2, 0.25) is 0 Å². The number of nitro benzene ring substituents is 1. The summed E-state index contributed by atoms with van der Waals surface area (Å²) >= 11 is 1.71. The van der Waals surface area contributed by atoms with Crippen LogP contribution in [0.3, 0.4) is 0 Å². The second-order valence-electron chi connectivity index (χ2n) is 8.22. The lowest BCUT2D eigenvalue weighted by atomic mass is 10.0. The van der Waals surface area contributed by atoms with E-state index in [4.69, 9.17) is 0 Å². The van der Waals surface area contributed by atoms with E-state index < -0.39 is 0 Å². The molecular weight excluding hydrogens is 414 g/mol. The average Bonchev–Trinajstić information content (AvgIpc) is 3.45. The van der Waals surface area contributed by atoms with Crippen molar-refractivity contribution in [1.82, 2.24) is 25.1 Å². The first-order valence-corrected chi connectivity index (χ1v) is 11.4. The number of benzene rings is 1. The number of anilines is 1. The smallest absolute Gasteiger partial charge is 0.269 e. The van der Waals surface area contributed by atoms with Crippen molar-refractivity contribution in [2.75, 3.05) is 31.1 Å². The molecular formula is C21H27N7O2S. The van der Waals surface area contributed by atoms with E-state index in [9.17, 15) is 10.1 Å². The lowest BCUT2D eigenvalue weighted by Gasteiger charge is -2.40. The molecule has 10 heteroatoms. The summed E-state index contributed by atoms with van der Waals surface area (Å²) in [6.07, 6.45) is 0.988. The van der Waals surface area contributed by atoms with Gasteiger partial charge in [-0.2, -0.15) is 0 Å². The summed E-state index contributed by atoms with van der Waals surface area (Å²) in [4.78, 5) is 16.5. The molecule has 3 heterocycles. The zero-order valence-electron chi connectivity index (χ0n) is 17.8. The first-order valence-electron chi connectivity index (χ1n) is 10.5. The van der Waals surface area contributed by atoms with Crippen molar-refractivity contribution in [1.29, 1.82) is 0 Å². The third kappa shape index (κ3) is 5.08. The number of aromatic nitrogens is 4. The lowest BCUT2D eigenvalue weighted by Crippen LogP contribution is -2.48. The number of hydrogen-bond donors (Lipinski definition) is 0. The normalized spacial score (nSPS) is 16.0. The first-order chi connectivity index (χ1) is 15.0. The number of rotatable bonds is 8. The van der Waals surface area contributed by atoms with Gasteiger partial charge < -0.3 is 4.90 Å². The molecule has 0 radical (unpaired) electrons. The largest absolute Gasteiger partial charge is 0.369 e. The van der Waals surface area contributed by atoms with Crippen LogP contribution in [-0.4, -0.2) is 56.2 Å². The van der Waals surface area contributed by atoms with E-state index in [2.05, 4.69) is 50.6 Å². The topological polar surface area (TPSA) is 93.2 Å². The Labute approximate surface area is 185 Å². The fourth-order valence-electron chi connectivity index (χ4n) is 4.05. The van der Waals surface area contributed by atoms with E-state index in [1.54, 1.807) is 23.5 Å². The van der Waals surface area contributed by atoms with Crippen LogP contribution in [-0.2, 0) is 6.54 Å². The van der Waals surface area contributed by atoms with Crippen LogP contribution in [0.5, 0.6) is 0 Å². The molecule has 164 valence electrons. The van der Waals surface area contributed by atoms with Gasteiger partial charge in [0, 0.05) is 48.9 Å². The Kier molecular flexibility index (Phi) is 6.57. The van der Waals surface area contributed by atoms with Crippen molar-refractivity contribution in [3.05, 3.63) is 62.6 Å². The van der Waals surface area contributed by atoms with Crippen molar-refractivity contribution in [2.45, 2.75) is 32.9 Å². The highest BCUT2D eigenvalue weighted by Gasteiger charge is 2.30. The second kappa shape index (κ2) is 9.52. The quantitative estimate of drug-likeness (QED) is 0.389. The molecule has 0 saturated carbocycles. The van der Waals surface area contributed by atoms with E-state index in [1.807, 2.05) is 22.9 Å². The van der Waals surface area contributed by atoms with Crippen molar-refractivity contribution < 1.29 is 4.92 Å². The summed E-state index contributed by atoms with van der Waals surface area (Å²) in [5.41, 5.74) is 1.14. The molecule has 1 aromatic carbocycles. The molecule has 31 heavy (non-hydrogen) atoms. The van der Waals surface area contributed by atoms with E-state index in [-0.39, 0.29) is 16.7 Å². The number of piperazine rings is 1. The Morgan fingerprint density at radius 2 is 1.87 bits per heavy atom. The van der Waals surface area contributed by atoms with Gasteiger partial charge >= 0.3 is 0 Å². The van der Waals surface area contributed by atoms with Crippen molar-refractivity contribution in [3.63, 3.8) is 0 Å². The van der Waals surface area contributed by atoms with Crippen LogP contribution >= 0.6 is 11.3 Å². The van der Waals surface area contributed by atoms with E-state index >= 15 is 0 Å². The minimum Gasteiger partial charge on any atom is -0.369 e. The summed E-state index contributed by atoms with van der Waals surface area (Å²) in [6.45, 7) is 8.65. The maximum atomic E-state index is 10.9. The molecule has 0 bridgehead atoms. The third-order valence-corrected chi connectivity index (χ3v) is 6.48. The van der Waals surface area contributed by atoms with Crippen LogP contribution in [0.4, 0.5) is 11.4 Å². The average molecular weight is 442 g/mol. The van der Waals surface area contributed by atoms with Gasteiger partial charge in [0.05, 0.1) is 17.5 Å². The van der Waals surface area contributed by atoms with Gasteiger partial charge in [0.1, 0.15) is 0 Å². The summed E-state index contributed by atoms with van der Waals surface area (Å²) in [5, 5.41) is 25.6. The van der Waals surface area contributed by atoms with Crippen molar-refractivity contribution >= 4 is 22.7 Å². The van der Waals surface area contributed by atoms with Crippen LogP contribution in [0, 0.1) is 16.0 Å². The Bertz CT molecular complexity index is 980. The van der Waals surface area contributed by atoms with E-state index in [0.29, 0.717) is 12.5 Å². The zero-order chi connectivity index (χ0) is 21.8.